The van der Waals surface area contributed by atoms with Crippen LogP contribution >= 0.6 is 0 Å². The van der Waals surface area contributed by atoms with Crippen LogP contribution in [-0.2, 0) is 4.79 Å². The molecule has 0 fully saturated rings. The number of carbonyl (C=O) groups excluding carboxylic acids is 1. The second-order valence-corrected chi connectivity index (χ2v) is 4.17. The first-order chi connectivity index (χ1) is 5.86. The molecule has 2 atom stereocenters. The number of nitrogens with one attached hydrogen (secondary N) is 1. The summed E-state index contributed by atoms with van der Waals surface area (Å²) in [6.45, 7) is 9.35. The minimum absolute atomic E-state index is 0.000370. The maximum absolute atomic E-state index is 11.3. The van der Waals surface area contributed by atoms with Gasteiger partial charge >= 0.3 is 0 Å². The third kappa shape index (κ3) is 4.27. The van der Waals surface area contributed by atoms with Crippen LogP contribution in [0.5, 0.6) is 0 Å². The first-order valence-electron chi connectivity index (χ1n) is 4.84. The maximum Gasteiger partial charge on any atom is 0.222 e. The summed E-state index contributed by atoms with van der Waals surface area (Å²) >= 11 is 0. The van der Waals surface area contributed by atoms with Gasteiger partial charge in [0.1, 0.15) is 0 Å². The topological polar surface area (TPSA) is 49.3 Å². The molecule has 0 saturated carbocycles. The van der Waals surface area contributed by atoms with E-state index in [0.717, 1.165) is 0 Å². The molecule has 0 aliphatic rings. The Morgan fingerprint density at radius 3 is 1.85 bits per heavy atom. The lowest BCUT2D eigenvalue weighted by Gasteiger charge is -2.25. The van der Waals surface area contributed by atoms with E-state index >= 15 is 0 Å². The lowest BCUT2D eigenvalue weighted by molar-refractivity contribution is -0.126. The van der Waals surface area contributed by atoms with Crippen LogP contribution in [0.4, 0.5) is 0 Å². The molecule has 0 radical (unpaired) electrons. The molecule has 0 aromatic carbocycles. The molecule has 0 rings (SSSR count). The van der Waals surface area contributed by atoms with Gasteiger partial charge in [-0.25, -0.2) is 0 Å². The fourth-order valence-corrected chi connectivity index (χ4v) is 1.18. The Labute approximate surface area is 80.5 Å². The Bertz CT molecular complexity index is 156. The molecule has 0 aliphatic carbocycles. The van der Waals surface area contributed by atoms with Crippen molar-refractivity contribution >= 4 is 5.91 Å². The maximum atomic E-state index is 11.3. The Hall–Kier alpha value is -0.570. The Morgan fingerprint density at radius 2 is 1.62 bits per heavy atom. The molecule has 13 heavy (non-hydrogen) atoms. The van der Waals surface area contributed by atoms with Crippen molar-refractivity contribution in [1.29, 1.82) is 0 Å². The molecule has 0 heterocycles. The van der Waals surface area contributed by atoms with Gasteiger partial charge in [-0.15, -0.1) is 0 Å². The second kappa shape index (κ2) is 5.22. The monoisotopic (exact) mass is 187 g/mol. The molecule has 0 spiro atoms. The van der Waals surface area contributed by atoms with E-state index in [4.69, 9.17) is 0 Å². The van der Waals surface area contributed by atoms with E-state index in [1.54, 1.807) is 6.92 Å². The number of aliphatic hydroxyl groups excluding tert-OH is 1. The summed E-state index contributed by atoms with van der Waals surface area (Å²) in [5.74, 6) is 0.224. The highest BCUT2D eigenvalue weighted by molar-refractivity contribution is 5.78. The smallest absolute Gasteiger partial charge is 0.222 e. The van der Waals surface area contributed by atoms with Gasteiger partial charge in [0.2, 0.25) is 5.91 Å². The van der Waals surface area contributed by atoms with Crippen molar-refractivity contribution in [2.75, 3.05) is 0 Å². The van der Waals surface area contributed by atoms with Crippen molar-refractivity contribution in [2.45, 2.75) is 46.8 Å². The summed E-state index contributed by atoms with van der Waals surface area (Å²) in [6.07, 6.45) is -0.498. The Morgan fingerprint density at radius 1 is 1.15 bits per heavy atom. The number of rotatable bonds is 4. The van der Waals surface area contributed by atoms with Crippen LogP contribution in [-0.4, -0.2) is 23.2 Å². The van der Waals surface area contributed by atoms with E-state index in [9.17, 15) is 9.90 Å². The summed E-state index contributed by atoms with van der Waals surface area (Å²) in [5, 5.41) is 12.2. The highest BCUT2D eigenvalue weighted by atomic mass is 16.3. The zero-order chi connectivity index (χ0) is 10.6. The van der Waals surface area contributed by atoms with Crippen molar-refractivity contribution in [3.63, 3.8) is 0 Å². The van der Waals surface area contributed by atoms with Crippen LogP contribution < -0.4 is 5.32 Å². The third-order valence-electron chi connectivity index (χ3n) is 2.07. The SMILES string of the molecule is CC(C)C(=O)NC(C(C)C)C(C)O. The average molecular weight is 187 g/mol. The van der Waals surface area contributed by atoms with Crippen LogP contribution in [0.15, 0.2) is 0 Å². The van der Waals surface area contributed by atoms with E-state index in [-0.39, 0.29) is 23.8 Å². The molecule has 0 aliphatic heterocycles. The molecular formula is C10H21NO2. The van der Waals surface area contributed by atoms with Gasteiger partial charge in [0.05, 0.1) is 12.1 Å². The molecule has 0 aromatic rings. The fourth-order valence-electron chi connectivity index (χ4n) is 1.18. The summed E-state index contributed by atoms with van der Waals surface area (Å²) in [7, 11) is 0. The molecule has 3 nitrogen and oxygen atoms in total. The van der Waals surface area contributed by atoms with Gasteiger partial charge < -0.3 is 10.4 Å². The van der Waals surface area contributed by atoms with Crippen LogP contribution in [0.3, 0.4) is 0 Å². The normalized spacial score (nSPS) is 16.0. The average Bonchev–Trinajstić information content (AvgIpc) is 1.97. The minimum Gasteiger partial charge on any atom is -0.391 e. The van der Waals surface area contributed by atoms with Crippen molar-refractivity contribution in [3.05, 3.63) is 0 Å². The number of aliphatic hydroxyl groups is 1. The molecule has 1 amide bonds. The van der Waals surface area contributed by atoms with Gasteiger partial charge in [-0.3, -0.25) is 4.79 Å². The molecule has 2 N–H and O–H groups in total. The van der Waals surface area contributed by atoms with Crippen molar-refractivity contribution in [3.8, 4) is 0 Å². The van der Waals surface area contributed by atoms with E-state index < -0.39 is 6.10 Å². The largest absolute Gasteiger partial charge is 0.391 e. The van der Waals surface area contributed by atoms with Crippen molar-refractivity contribution < 1.29 is 9.90 Å². The lowest BCUT2D eigenvalue weighted by atomic mass is 9.99. The fraction of sp³-hybridized carbons (Fsp3) is 0.900. The summed E-state index contributed by atoms with van der Waals surface area (Å²) < 4.78 is 0. The van der Waals surface area contributed by atoms with E-state index in [1.165, 1.54) is 0 Å². The predicted octanol–water partition coefficient (Wildman–Crippen LogP) is 1.16. The quantitative estimate of drug-likeness (QED) is 0.694. The molecule has 78 valence electrons. The number of hydrogen-bond acceptors (Lipinski definition) is 2. The van der Waals surface area contributed by atoms with Gasteiger partial charge in [0.25, 0.3) is 0 Å². The summed E-state index contributed by atoms with van der Waals surface area (Å²) in [5.41, 5.74) is 0. The molecular weight excluding hydrogens is 166 g/mol. The Balaban J connectivity index is 4.19. The molecule has 3 heteroatoms. The number of carbonyl (C=O) groups is 1. The van der Waals surface area contributed by atoms with Gasteiger partial charge in [0.15, 0.2) is 0 Å². The van der Waals surface area contributed by atoms with Gasteiger partial charge in [-0.1, -0.05) is 27.7 Å². The van der Waals surface area contributed by atoms with Crippen LogP contribution in [0, 0.1) is 11.8 Å². The second-order valence-electron chi connectivity index (χ2n) is 4.17. The van der Waals surface area contributed by atoms with Gasteiger partial charge in [-0.2, -0.15) is 0 Å². The minimum atomic E-state index is -0.498. The standard InChI is InChI=1S/C10H21NO2/c1-6(2)9(8(5)12)11-10(13)7(3)4/h6-9,12H,1-5H3,(H,11,13). The molecule has 0 aromatic heterocycles. The molecule has 0 bridgehead atoms. The highest BCUT2D eigenvalue weighted by Crippen LogP contribution is 2.07. The predicted molar refractivity (Wildman–Crippen MR) is 53.3 cm³/mol. The van der Waals surface area contributed by atoms with Crippen LogP contribution in [0.1, 0.15) is 34.6 Å². The first-order valence-corrected chi connectivity index (χ1v) is 4.84. The molecule has 0 saturated heterocycles. The Kier molecular flexibility index (Phi) is 4.99. The van der Waals surface area contributed by atoms with E-state index in [0.29, 0.717) is 0 Å². The number of amides is 1. The van der Waals surface area contributed by atoms with Gasteiger partial charge in [0, 0.05) is 5.92 Å². The lowest BCUT2D eigenvalue weighted by Crippen LogP contribution is -2.46. The summed E-state index contributed by atoms with van der Waals surface area (Å²) in [6, 6.07) is -0.144. The van der Waals surface area contributed by atoms with Crippen LogP contribution in [0.25, 0.3) is 0 Å². The highest BCUT2D eigenvalue weighted by Gasteiger charge is 2.21. The van der Waals surface area contributed by atoms with Crippen LogP contribution in [0.2, 0.25) is 0 Å². The van der Waals surface area contributed by atoms with E-state index in [1.807, 2.05) is 27.7 Å². The summed E-state index contributed by atoms with van der Waals surface area (Å²) in [4.78, 5) is 11.3. The first kappa shape index (κ1) is 12.4. The van der Waals surface area contributed by atoms with Crippen molar-refractivity contribution in [1.82, 2.24) is 5.32 Å². The molecule has 2 unspecified atom stereocenters. The third-order valence-corrected chi connectivity index (χ3v) is 2.07. The van der Waals surface area contributed by atoms with Crippen molar-refractivity contribution in [2.24, 2.45) is 11.8 Å². The zero-order valence-corrected chi connectivity index (χ0v) is 9.16. The van der Waals surface area contributed by atoms with E-state index in [2.05, 4.69) is 5.32 Å². The zero-order valence-electron chi connectivity index (χ0n) is 9.16. The van der Waals surface area contributed by atoms with Gasteiger partial charge in [-0.05, 0) is 12.8 Å². The number of hydrogen-bond donors (Lipinski definition) is 2.